The summed E-state index contributed by atoms with van der Waals surface area (Å²) in [6.07, 6.45) is 0. The van der Waals surface area contributed by atoms with Crippen LogP contribution >= 0.6 is 0 Å². The van der Waals surface area contributed by atoms with E-state index in [1.54, 1.807) is 0 Å². The number of para-hydroxylation sites is 3. The summed E-state index contributed by atoms with van der Waals surface area (Å²) < 4.78 is 4.80. The summed E-state index contributed by atoms with van der Waals surface area (Å²) in [4.78, 5) is 15.5. The molecule has 0 saturated carbocycles. The number of benzene rings is 9. The topological polar surface area (TPSA) is 48.5 Å². The lowest BCUT2D eigenvalue weighted by molar-refractivity contribution is 1.06. The van der Waals surface area contributed by atoms with Crippen LogP contribution in [0, 0.1) is 0 Å². The van der Waals surface area contributed by atoms with Gasteiger partial charge in [-0.25, -0.2) is 15.0 Å². The molecule has 0 fully saturated rings. The van der Waals surface area contributed by atoms with Crippen LogP contribution in [0.2, 0.25) is 0 Å². The first-order valence-electron chi connectivity index (χ1n) is 21.0. The normalized spacial score (nSPS) is 11.5. The smallest absolute Gasteiger partial charge is 0.166 e. The van der Waals surface area contributed by atoms with Crippen LogP contribution in [0.15, 0.2) is 224 Å². The summed E-state index contributed by atoms with van der Waals surface area (Å²) in [5, 5.41) is 4.81. The van der Waals surface area contributed by atoms with Gasteiger partial charge in [-0.05, 0) is 70.8 Å². The Kier molecular flexibility index (Phi) is 8.42. The lowest BCUT2D eigenvalue weighted by Gasteiger charge is -2.16. The van der Waals surface area contributed by atoms with E-state index in [2.05, 4.69) is 197 Å². The summed E-state index contributed by atoms with van der Waals surface area (Å²) >= 11 is 0. The average Bonchev–Trinajstić information content (AvgIpc) is 3.88. The van der Waals surface area contributed by atoms with Gasteiger partial charge in [-0.15, -0.1) is 0 Å². The maximum absolute atomic E-state index is 5.25. The molecule has 9 aromatic carbocycles. The Labute approximate surface area is 358 Å². The summed E-state index contributed by atoms with van der Waals surface area (Å²) in [7, 11) is 0. The zero-order chi connectivity index (χ0) is 41.0. The van der Waals surface area contributed by atoms with Gasteiger partial charge in [0.25, 0.3) is 0 Å². The highest BCUT2D eigenvalue weighted by molar-refractivity contribution is 6.22. The molecule has 62 heavy (non-hydrogen) atoms. The first kappa shape index (κ1) is 35.5. The van der Waals surface area contributed by atoms with Crippen molar-refractivity contribution in [3.63, 3.8) is 0 Å². The SMILES string of the molecule is c1ccc(-c2ccc(-c3nc(-c4ccccc4)nc(-c4ccccc4)n3)c(-n3c4ccccc4c4c(-c5cccc6c5c5ccccc5n6-c5ccccc5)cccc43)c2)cc1. The first-order chi connectivity index (χ1) is 30.8. The molecule has 0 amide bonds. The van der Waals surface area contributed by atoms with E-state index in [1.807, 2.05) is 36.4 Å². The number of aromatic nitrogens is 5. The van der Waals surface area contributed by atoms with E-state index < -0.39 is 0 Å². The van der Waals surface area contributed by atoms with Crippen LogP contribution in [0.1, 0.15) is 0 Å². The Morgan fingerprint density at radius 1 is 0.274 bits per heavy atom. The van der Waals surface area contributed by atoms with Crippen molar-refractivity contribution in [3.05, 3.63) is 224 Å². The quantitative estimate of drug-likeness (QED) is 0.162. The van der Waals surface area contributed by atoms with Crippen molar-refractivity contribution in [1.29, 1.82) is 0 Å². The maximum Gasteiger partial charge on any atom is 0.166 e. The zero-order valence-electron chi connectivity index (χ0n) is 33.6. The van der Waals surface area contributed by atoms with Gasteiger partial charge in [-0.3, -0.25) is 0 Å². The minimum Gasteiger partial charge on any atom is -0.309 e. The fourth-order valence-electron chi connectivity index (χ4n) is 9.25. The molecule has 12 rings (SSSR count). The fourth-order valence-corrected chi connectivity index (χ4v) is 9.25. The van der Waals surface area contributed by atoms with Gasteiger partial charge >= 0.3 is 0 Å². The second-order valence-corrected chi connectivity index (χ2v) is 15.6. The van der Waals surface area contributed by atoms with E-state index >= 15 is 0 Å². The third-order valence-electron chi connectivity index (χ3n) is 12.0. The van der Waals surface area contributed by atoms with Crippen molar-refractivity contribution in [3.8, 4) is 67.8 Å². The molecule has 0 unspecified atom stereocenters. The minimum atomic E-state index is 0.605. The largest absolute Gasteiger partial charge is 0.309 e. The summed E-state index contributed by atoms with van der Waals surface area (Å²) in [6.45, 7) is 0. The van der Waals surface area contributed by atoms with Crippen LogP contribution in [0.5, 0.6) is 0 Å². The predicted octanol–water partition coefficient (Wildman–Crippen LogP) is 14.4. The molecule has 0 aliphatic rings. The van der Waals surface area contributed by atoms with Gasteiger partial charge in [0.1, 0.15) is 0 Å². The van der Waals surface area contributed by atoms with Gasteiger partial charge in [0.2, 0.25) is 0 Å². The van der Waals surface area contributed by atoms with Crippen LogP contribution in [-0.4, -0.2) is 24.1 Å². The molecule has 0 radical (unpaired) electrons. The number of hydrogen-bond acceptors (Lipinski definition) is 3. The third-order valence-corrected chi connectivity index (χ3v) is 12.0. The van der Waals surface area contributed by atoms with Gasteiger partial charge in [0.15, 0.2) is 17.5 Å². The standard InChI is InChI=1S/C57H37N5/c1-5-19-38(20-6-1)41-35-36-47(57-59-55(39-21-7-2-8-22-39)58-56(60-57)40-23-9-3-10-24-40)52(37-41)62-49-32-16-14-28-46(49)54-44(30-18-34-51(54)62)43-29-17-33-50-53(43)45-27-13-15-31-48(45)61(50)42-25-11-4-12-26-42/h1-37H. The van der Waals surface area contributed by atoms with Gasteiger partial charge in [0, 0.05) is 43.9 Å². The Morgan fingerprint density at radius 2 is 0.710 bits per heavy atom. The second-order valence-electron chi connectivity index (χ2n) is 15.6. The number of fused-ring (bicyclic) bond motifs is 6. The van der Waals surface area contributed by atoms with Gasteiger partial charge < -0.3 is 9.13 Å². The highest BCUT2D eigenvalue weighted by Gasteiger charge is 2.23. The molecule has 5 heteroatoms. The van der Waals surface area contributed by atoms with Crippen LogP contribution < -0.4 is 0 Å². The van der Waals surface area contributed by atoms with E-state index in [0.29, 0.717) is 17.5 Å². The molecule has 5 nitrogen and oxygen atoms in total. The van der Waals surface area contributed by atoms with E-state index in [4.69, 9.17) is 15.0 Å². The molecule has 0 N–H and O–H groups in total. The van der Waals surface area contributed by atoms with E-state index in [1.165, 1.54) is 43.7 Å². The summed E-state index contributed by atoms with van der Waals surface area (Å²) in [6, 6.07) is 79.3. The van der Waals surface area contributed by atoms with Gasteiger partial charge in [0.05, 0.1) is 27.8 Å². The van der Waals surface area contributed by atoms with E-state index in [-0.39, 0.29) is 0 Å². The van der Waals surface area contributed by atoms with Crippen LogP contribution in [-0.2, 0) is 0 Å². The lowest BCUT2D eigenvalue weighted by atomic mass is 9.95. The molecule has 3 heterocycles. The van der Waals surface area contributed by atoms with Crippen molar-refractivity contribution in [1.82, 2.24) is 24.1 Å². The molecule has 290 valence electrons. The molecule has 0 spiro atoms. The molecule has 12 aromatic rings. The van der Waals surface area contributed by atoms with Crippen LogP contribution in [0.25, 0.3) is 111 Å². The highest BCUT2D eigenvalue weighted by atomic mass is 15.1. The van der Waals surface area contributed by atoms with Crippen LogP contribution in [0.4, 0.5) is 0 Å². The second kappa shape index (κ2) is 14.7. The molecular weight excluding hydrogens is 755 g/mol. The molecule has 0 atom stereocenters. The predicted molar refractivity (Wildman–Crippen MR) is 256 cm³/mol. The zero-order valence-corrected chi connectivity index (χ0v) is 33.6. The summed E-state index contributed by atoms with van der Waals surface area (Å²) in [5.41, 5.74) is 14.0. The average molecular weight is 792 g/mol. The minimum absolute atomic E-state index is 0.605. The molecule has 0 aliphatic carbocycles. The van der Waals surface area contributed by atoms with Crippen molar-refractivity contribution in [2.75, 3.05) is 0 Å². The Balaban J connectivity index is 1.16. The Morgan fingerprint density at radius 3 is 1.27 bits per heavy atom. The van der Waals surface area contributed by atoms with Crippen LogP contribution in [0.3, 0.4) is 0 Å². The molecule has 0 saturated heterocycles. The molecule has 0 bridgehead atoms. The lowest BCUT2D eigenvalue weighted by Crippen LogP contribution is -2.04. The van der Waals surface area contributed by atoms with Crippen molar-refractivity contribution in [2.45, 2.75) is 0 Å². The monoisotopic (exact) mass is 791 g/mol. The first-order valence-corrected chi connectivity index (χ1v) is 21.0. The Bertz CT molecular complexity index is 3550. The van der Waals surface area contributed by atoms with Gasteiger partial charge in [-0.1, -0.05) is 176 Å². The number of rotatable bonds is 7. The van der Waals surface area contributed by atoms with Crippen molar-refractivity contribution >= 4 is 43.6 Å². The van der Waals surface area contributed by atoms with E-state index in [9.17, 15) is 0 Å². The van der Waals surface area contributed by atoms with E-state index in [0.717, 1.165) is 50.2 Å². The Hall–Kier alpha value is -8.41. The maximum atomic E-state index is 5.25. The fraction of sp³-hybridized carbons (Fsp3) is 0. The molecule has 3 aromatic heterocycles. The summed E-state index contributed by atoms with van der Waals surface area (Å²) in [5.74, 6) is 1.85. The molecule has 0 aliphatic heterocycles. The number of nitrogens with zero attached hydrogens (tertiary/aromatic N) is 5. The highest BCUT2D eigenvalue weighted by Crippen LogP contribution is 2.45. The van der Waals surface area contributed by atoms with Crippen molar-refractivity contribution in [2.24, 2.45) is 0 Å². The van der Waals surface area contributed by atoms with Crippen molar-refractivity contribution < 1.29 is 0 Å². The third kappa shape index (κ3) is 5.82. The van der Waals surface area contributed by atoms with Gasteiger partial charge in [-0.2, -0.15) is 0 Å². The molecular formula is C57H37N5. The number of hydrogen-bond donors (Lipinski definition) is 0.